The molecule has 78 valence electrons. The van der Waals surface area contributed by atoms with Gasteiger partial charge in [-0.3, -0.25) is 0 Å². The Hall–Kier alpha value is -0.0600. The summed E-state index contributed by atoms with van der Waals surface area (Å²) in [7, 11) is 0. The van der Waals surface area contributed by atoms with E-state index in [1.165, 1.54) is 14.0 Å². The smallest absolute Gasteiger partial charge is 0.0928 e. The highest BCUT2D eigenvalue weighted by Crippen LogP contribution is 2.12. The van der Waals surface area contributed by atoms with Gasteiger partial charge in [0.1, 0.15) is 0 Å². The topological polar surface area (TPSA) is 0 Å². The van der Waals surface area contributed by atoms with Crippen molar-refractivity contribution in [2.45, 2.75) is 13.8 Å². The first kappa shape index (κ1) is 11.4. The highest BCUT2D eigenvalue weighted by Gasteiger charge is 2.20. The fourth-order valence-electron chi connectivity index (χ4n) is 1.30. The Balaban J connectivity index is 2.21. The Labute approximate surface area is 110 Å². The molecule has 0 spiro atoms. The molecule has 2 aromatic rings. The second kappa shape index (κ2) is 4.85. The van der Waals surface area contributed by atoms with Gasteiger partial charge in [0.15, 0.2) is 3.57 Å². The summed E-state index contributed by atoms with van der Waals surface area (Å²) >= 11 is 7.77. The molecular formula is C12H11ClIS+. The van der Waals surface area contributed by atoms with E-state index in [0.29, 0.717) is 0 Å². The zero-order chi connectivity index (χ0) is 10.8. The lowest BCUT2D eigenvalue weighted by Gasteiger charge is -1.86. The molecule has 0 saturated heterocycles. The van der Waals surface area contributed by atoms with Gasteiger partial charge in [0, 0.05) is 15.5 Å². The van der Waals surface area contributed by atoms with Crippen LogP contribution in [0, 0.1) is 20.3 Å². The summed E-state index contributed by atoms with van der Waals surface area (Å²) in [6, 6.07) is 10.5. The molecule has 0 amide bonds. The molecule has 15 heavy (non-hydrogen) atoms. The van der Waals surface area contributed by atoms with Gasteiger partial charge in [-0.15, -0.1) is 0 Å². The summed E-state index contributed by atoms with van der Waals surface area (Å²) in [4.78, 5) is 1.41. The van der Waals surface area contributed by atoms with E-state index in [0.717, 1.165) is 5.02 Å². The summed E-state index contributed by atoms with van der Waals surface area (Å²) in [5.74, 6) is 0. The molecule has 0 aliphatic carbocycles. The minimum absolute atomic E-state index is 0.0251. The van der Waals surface area contributed by atoms with Crippen LogP contribution in [0.5, 0.6) is 0 Å². The number of halogens is 2. The number of thiophene rings is 1. The van der Waals surface area contributed by atoms with Gasteiger partial charge >= 0.3 is 21.2 Å². The quantitative estimate of drug-likeness (QED) is 0.714. The Morgan fingerprint density at radius 3 is 2.33 bits per heavy atom. The van der Waals surface area contributed by atoms with Crippen LogP contribution in [-0.4, -0.2) is 0 Å². The van der Waals surface area contributed by atoms with E-state index in [1.54, 1.807) is 2.88 Å². The van der Waals surface area contributed by atoms with Gasteiger partial charge in [-0.25, -0.2) is 0 Å². The Morgan fingerprint density at radius 1 is 1.13 bits per heavy atom. The van der Waals surface area contributed by atoms with Crippen molar-refractivity contribution in [3.8, 4) is 0 Å². The molecule has 2 rings (SSSR count). The normalized spacial score (nSPS) is 10.6. The molecule has 0 fully saturated rings. The van der Waals surface area contributed by atoms with Crippen LogP contribution in [0.4, 0.5) is 0 Å². The highest BCUT2D eigenvalue weighted by molar-refractivity contribution is 7.09. The number of rotatable bonds is 2. The summed E-state index contributed by atoms with van der Waals surface area (Å²) < 4.78 is 3.00. The van der Waals surface area contributed by atoms with E-state index < -0.39 is 0 Å². The van der Waals surface area contributed by atoms with Crippen molar-refractivity contribution in [2.24, 2.45) is 0 Å². The van der Waals surface area contributed by atoms with Crippen LogP contribution in [-0.2, 0) is 0 Å². The Morgan fingerprint density at radius 2 is 1.80 bits per heavy atom. The molecule has 0 atom stereocenters. The van der Waals surface area contributed by atoms with E-state index in [4.69, 9.17) is 11.6 Å². The molecule has 0 radical (unpaired) electrons. The first-order valence-electron chi connectivity index (χ1n) is 4.62. The first-order valence-corrected chi connectivity index (χ1v) is 7.98. The maximum Gasteiger partial charge on any atom is 0.370 e. The van der Waals surface area contributed by atoms with Crippen molar-refractivity contribution in [3.05, 3.63) is 52.2 Å². The first-order chi connectivity index (χ1) is 7.15. The van der Waals surface area contributed by atoms with Gasteiger partial charge in [-0.2, -0.15) is 0 Å². The molecule has 1 aromatic carbocycles. The molecule has 0 saturated carbocycles. The second-order valence-corrected chi connectivity index (χ2v) is 8.63. The van der Waals surface area contributed by atoms with Gasteiger partial charge in [0.2, 0.25) is 0 Å². The maximum atomic E-state index is 5.86. The monoisotopic (exact) mass is 349 g/mol. The van der Waals surface area contributed by atoms with Gasteiger partial charge in [0.25, 0.3) is 2.88 Å². The predicted octanol–water partition coefficient (Wildman–Crippen LogP) is 1.15. The molecule has 3 heteroatoms. The molecule has 1 aromatic heterocycles. The molecule has 0 nitrogen and oxygen atoms in total. The molecule has 0 aliphatic rings. The largest absolute Gasteiger partial charge is 0.370 e. The maximum absolute atomic E-state index is 5.86. The lowest BCUT2D eigenvalue weighted by Crippen LogP contribution is -3.61. The average Bonchev–Trinajstić information content (AvgIpc) is 2.49. The standard InChI is InChI=1S/C12H11ClIS/c1-8-7-9(2)15-12(8)14-11-5-3-10(13)4-6-11/h3-7H,1-2H3/q+1. The van der Waals surface area contributed by atoms with Crippen LogP contribution in [0.2, 0.25) is 5.02 Å². The second-order valence-electron chi connectivity index (χ2n) is 3.34. The van der Waals surface area contributed by atoms with Crippen LogP contribution in [0.15, 0.2) is 30.3 Å². The van der Waals surface area contributed by atoms with Crippen molar-refractivity contribution in [1.29, 1.82) is 0 Å². The van der Waals surface area contributed by atoms with Gasteiger partial charge in [-0.1, -0.05) is 22.9 Å². The van der Waals surface area contributed by atoms with Gasteiger partial charge < -0.3 is 0 Å². The van der Waals surface area contributed by atoms with Crippen LogP contribution in [0.1, 0.15) is 10.4 Å². The fraction of sp³-hybridized carbons (Fsp3) is 0.167. The molecule has 0 bridgehead atoms. The van der Waals surface area contributed by atoms with Gasteiger partial charge in [-0.05, 0) is 44.2 Å². The molecule has 1 heterocycles. The SMILES string of the molecule is Cc1cc(C)c([I+]c2ccc(Cl)cc2)s1. The van der Waals surface area contributed by atoms with E-state index in [1.807, 2.05) is 23.5 Å². The summed E-state index contributed by atoms with van der Waals surface area (Å²) in [5, 5.41) is 0.821. The minimum Gasteiger partial charge on any atom is -0.0928 e. The molecule has 0 N–H and O–H groups in total. The zero-order valence-electron chi connectivity index (χ0n) is 8.55. The van der Waals surface area contributed by atoms with Crippen molar-refractivity contribution < 1.29 is 21.2 Å². The summed E-state index contributed by atoms with van der Waals surface area (Å²) in [5.41, 5.74) is 1.44. The lowest BCUT2D eigenvalue weighted by molar-refractivity contribution is -0.591. The molecule has 0 unspecified atom stereocenters. The molecular weight excluding hydrogens is 339 g/mol. The van der Waals surface area contributed by atoms with Crippen molar-refractivity contribution >= 4 is 22.9 Å². The Kier molecular flexibility index (Phi) is 3.69. The third-order valence-electron chi connectivity index (χ3n) is 1.98. The predicted molar refractivity (Wildman–Crippen MR) is 62.6 cm³/mol. The summed E-state index contributed by atoms with van der Waals surface area (Å²) in [6.07, 6.45) is 0. The van der Waals surface area contributed by atoms with Crippen LogP contribution < -0.4 is 21.2 Å². The third kappa shape index (κ3) is 2.95. The molecule has 0 aliphatic heterocycles. The van der Waals surface area contributed by atoms with E-state index in [9.17, 15) is 0 Å². The third-order valence-corrected chi connectivity index (χ3v) is 7.03. The summed E-state index contributed by atoms with van der Waals surface area (Å²) in [6.45, 7) is 4.38. The van der Waals surface area contributed by atoms with Gasteiger partial charge in [0.05, 0.1) is 0 Å². The number of aryl methyl sites for hydroxylation is 2. The Bertz CT molecular complexity index is 459. The van der Waals surface area contributed by atoms with Crippen LogP contribution in [0.3, 0.4) is 0 Å². The van der Waals surface area contributed by atoms with Crippen LogP contribution in [0.25, 0.3) is 0 Å². The van der Waals surface area contributed by atoms with E-state index in [-0.39, 0.29) is 21.2 Å². The van der Waals surface area contributed by atoms with Crippen molar-refractivity contribution in [1.82, 2.24) is 0 Å². The average molecular weight is 350 g/mol. The van der Waals surface area contributed by atoms with E-state index >= 15 is 0 Å². The number of hydrogen-bond acceptors (Lipinski definition) is 1. The van der Waals surface area contributed by atoms with E-state index in [2.05, 4.69) is 32.0 Å². The fourth-order valence-corrected chi connectivity index (χ4v) is 6.04. The van der Waals surface area contributed by atoms with Crippen molar-refractivity contribution in [2.75, 3.05) is 0 Å². The lowest BCUT2D eigenvalue weighted by atomic mass is 10.4. The zero-order valence-corrected chi connectivity index (χ0v) is 12.3. The van der Waals surface area contributed by atoms with Crippen molar-refractivity contribution in [3.63, 3.8) is 0 Å². The van der Waals surface area contributed by atoms with Crippen LogP contribution >= 0.6 is 22.9 Å². The number of hydrogen-bond donors (Lipinski definition) is 0. The minimum atomic E-state index is -0.0251. The number of benzene rings is 1. The highest BCUT2D eigenvalue weighted by atomic mass is 127.